The molecular formula is C13H17N3O5. The van der Waals surface area contributed by atoms with E-state index in [1.165, 1.54) is 18.2 Å². The van der Waals surface area contributed by atoms with Gasteiger partial charge in [-0.25, -0.2) is 9.59 Å². The van der Waals surface area contributed by atoms with E-state index in [1.54, 1.807) is 20.8 Å². The topological polar surface area (TPSA) is 122 Å². The van der Waals surface area contributed by atoms with Crippen molar-refractivity contribution in [2.75, 3.05) is 5.32 Å². The molecule has 1 aromatic carbocycles. The zero-order valence-corrected chi connectivity index (χ0v) is 11.9. The number of hydrogen-bond acceptors (Lipinski definition) is 4. The SMILES string of the molecule is Cc1ccc(NC(=O)NC(C(=O)O)C(C)C)cc1[N+](=O)[O-]. The zero-order valence-electron chi connectivity index (χ0n) is 11.9. The number of nitrogens with zero attached hydrogens (tertiary/aromatic N) is 1. The van der Waals surface area contributed by atoms with E-state index in [9.17, 15) is 19.7 Å². The fourth-order valence-corrected chi connectivity index (χ4v) is 1.71. The Hall–Kier alpha value is -2.64. The van der Waals surface area contributed by atoms with E-state index in [0.717, 1.165) is 0 Å². The average Bonchev–Trinajstić information content (AvgIpc) is 2.37. The number of urea groups is 1. The third-order valence-corrected chi connectivity index (χ3v) is 2.88. The zero-order chi connectivity index (χ0) is 16.2. The molecule has 0 radical (unpaired) electrons. The Balaban J connectivity index is 2.82. The van der Waals surface area contributed by atoms with Gasteiger partial charge in [0.2, 0.25) is 0 Å². The summed E-state index contributed by atoms with van der Waals surface area (Å²) in [6.07, 6.45) is 0. The molecule has 3 N–H and O–H groups in total. The van der Waals surface area contributed by atoms with Gasteiger partial charge in [-0.3, -0.25) is 10.1 Å². The second-order valence-corrected chi connectivity index (χ2v) is 4.92. The number of carboxylic acid groups (broad SMARTS) is 1. The summed E-state index contributed by atoms with van der Waals surface area (Å²) in [5.74, 6) is -1.43. The van der Waals surface area contributed by atoms with Crippen molar-refractivity contribution in [1.29, 1.82) is 0 Å². The Morgan fingerprint density at radius 2 is 1.95 bits per heavy atom. The predicted molar refractivity (Wildman–Crippen MR) is 76.2 cm³/mol. The number of amides is 2. The Morgan fingerprint density at radius 3 is 2.43 bits per heavy atom. The van der Waals surface area contributed by atoms with Gasteiger partial charge in [0.15, 0.2) is 0 Å². The number of nitro benzene ring substituents is 1. The molecule has 8 heteroatoms. The number of benzene rings is 1. The number of nitro groups is 1. The molecule has 0 aliphatic heterocycles. The van der Waals surface area contributed by atoms with Gasteiger partial charge >= 0.3 is 12.0 Å². The molecule has 1 unspecified atom stereocenters. The molecule has 1 aromatic rings. The average molecular weight is 295 g/mol. The summed E-state index contributed by atoms with van der Waals surface area (Å²) in [4.78, 5) is 33.0. The van der Waals surface area contributed by atoms with Crippen LogP contribution in [0.4, 0.5) is 16.2 Å². The molecule has 1 rings (SSSR count). The molecule has 1 atom stereocenters. The fraction of sp³-hybridized carbons (Fsp3) is 0.385. The number of carboxylic acids is 1. The van der Waals surface area contributed by atoms with Gasteiger partial charge < -0.3 is 15.7 Å². The molecular weight excluding hydrogens is 278 g/mol. The lowest BCUT2D eigenvalue weighted by Gasteiger charge is -2.18. The van der Waals surface area contributed by atoms with Gasteiger partial charge in [0.05, 0.1) is 4.92 Å². The molecule has 0 aliphatic carbocycles. The van der Waals surface area contributed by atoms with E-state index < -0.39 is 23.0 Å². The number of hydrogen-bond donors (Lipinski definition) is 3. The highest BCUT2D eigenvalue weighted by Gasteiger charge is 2.23. The van der Waals surface area contributed by atoms with Gasteiger partial charge in [-0.15, -0.1) is 0 Å². The van der Waals surface area contributed by atoms with Crippen molar-refractivity contribution in [1.82, 2.24) is 5.32 Å². The summed E-state index contributed by atoms with van der Waals surface area (Å²) in [6.45, 7) is 4.91. The summed E-state index contributed by atoms with van der Waals surface area (Å²) in [5, 5.41) is 24.5. The Kier molecular flexibility index (Phi) is 5.23. The maximum absolute atomic E-state index is 11.7. The minimum Gasteiger partial charge on any atom is -0.480 e. The highest BCUT2D eigenvalue weighted by Crippen LogP contribution is 2.22. The van der Waals surface area contributed by atoms with Gasteiger partial charge in [-0.2, -0.15) is 0 Å². The van der Waals surface area contributed by atoms with Crippen molar-refractivity contribution in [3.05, 3.63) is 33.9 Å². The first-order valence-electron chi connectivity index (χ1n) is 6.27. The summed E-state index contributed by atoms with van der Waals surface area (Å²) in [7, 11) is 0. The van der Waals surface area contributed by atoms with Crippen LogP contribution >= 0.6 is 0 Å². The summed E-state index contributed by atoms with van der Waals surface area (Å²) >= 11 is 0. The van der Waals surface area contributed by atoms with Crippen molar-refractivity contribution < 1.29 is 19.6 Å². The van der Waals surface area contributed by atoms with E-state index in [-0.39, 0.29) is 17.3 Å². The summed E-state index contributed by atoms with van der Waals surface area (Å²) in [6, 6.07) is 2.47. The molecule has 0 aromatic heterocycles. The van der Waals surface area contributed by atoms with E-state index in [2.05, 4.69) is 10.6 Å². The standard InChI is InChI=1S/C13H17N3O5/c1-7(2)11(12(17)18)15-13(19)14-9-5-4-8(3)10(6-9)16(20)21/h4-7,11H,1-3H3,(H,17,18)(H2,14,15,19). The molecule has 0 bridgehead atoms. The molecule has 2 amide bonds. The van der Waals surface area contributed by atoms with Gasteiger partial charge in [-0.05, 0) is 18.9 Å². The van der Waals surface area contributed by atoms with Crippen molar-refractivity contribution in [3.63, 3.8) is 0 Å². The fourth-order valence-electron chi connectivity index (χ4n) is 1.71. The number of carbonyl (C=O) groups excluding carboxylic acids is 1. The van der Waals surface area contributed by atoms with Crippen molar-refractivity contribution >= 4 is 23.4 Å². The van der Waals surface area contributed by atoms with Crippen LogP contribution in [0.5, 0.6) is 0 Å². The summed E-state index contributed by atoms with van der Waals surface area (Å²) in [5.41, 5.74) is 0.570. The second kappa shape index (κ2) is 6.69. The van der Waals surface area contributed by atoms with Crippen molar-refractivity contribution in [2.24, 2.45) is 5.92 Å². The van der Waals surface area contributed by atoms with Crippen molar-refractivity contribution in [3.8, 4) is 0 Å². The van der Waals surface area contributed by atoms with Gasteiger partial charge in [0.25, 0.3) is 5.69 Å². The van der Waals surface area contributed by atoms with Crippen molar-refractivity contribution in [2.45, 2.75) is 26.8 Å². The molecule has 0 aliphatic rings. The number of carbonyl (C=O) groups is 2. The quantitative estimate of drug-likeness (QED) is 0.567. The summed E-state index contributed by atoms with van der Waals surface area (Å²) < 4.78 is 0. The van der Waals surface area contributed by atoms with Crippen LogP contribution in [0.1, 0.15) is 19.4 Å². The van der Waals surface area contributed by atoms with Crippen LogP contribution in [0.2, 0.25) is 0 Å². The van der Waals surface area contributed by atoms with E-state index in [1.807, 2.05) is 0 Å². The molecule has 0 spiro atoms. The third kappa shape index (κ3) is 4.44. The lowest BCUT2D eigenvalue weighted by Crippen LogP contribution is -2.46. The first kappa shape index (κ1) is 16.4. The van der Waals surface area contributed by atoms with E-state index in [0.29, 0.717) is 5.56 Å². The van der Waals surface area contributed by atoms with Gasteiger partial charge in [0, 0.05) is 17.3 Å². The molecule has 21 heavy (non-hydrogen) atoms. The second-order valence-electron chi connectivity index (χ2n) is 4.92. The molecule has 114 valence electrons. The lowest BCUT2D eigenvalue weighted by atomic mass is 10.1. The normalized spacial score (nSPS) is 11.8. The minimum absolute atomic E-state index is 0.119. The van der Waals surface area contributed by atoms with Crippen LogP contribution in [-0.4, -0.2) is 28.1 Å². The van der Waals surface area contributed by atoms with E-state index >= 15 is 0 Å². The Morgan fingerprint density at radius 1 is 1.33 bits per heavy atom. The minimum atomic E-state index is -1.14. The predicted octanol–water partition coefficient (Wildman–Crippen LogP) is 2.13. The first-order chi connectivity index (χ1) is 9.72. The van der Waals surface area contributed by atoms with E-state index in [4.69, 9.17) is 5.11 Å². The number of nitrogens with one attached hydrogen (secondary N) is 2. The molecule has 8 nitrogen and oxygen atoms in total. The van der Waals surface area contributed by atoms with Crippen LogP contribution in [0.3, 0.4) is 0 Å². The molecule has 0 fully saturated rings. The maximum atomic E-state index is 11.7. The number of aryl methyl sites for hydroxylation is 1. The number of rotatable bonds is 5. The Bertz CT molecular complexity index is 571. The Labute approximate surface area is 121 Å². The number of anilines is 1. The van der Waals surface area contributed by atoms with Gasteiger partial charge in [0.1, 0.15) is 6.04 Å². The first-order valence-corrected chi connectivity index (χ1v) is 6.27. The maximum Gasteiger partial charge on any atom is 0.326 e. The van der Waals surface area contributed by atoms with Gasteiger partial charge in [-0.1, -0.05) is 19.9 Å². The largest absolute Gasteiger partial charge is 0.480 e. The van der Waals surface area contributed by atoms with Crippen LogP contribution in [0.15, 0.2) is 18.2 Å². The van der Waals surface area contributed by atoms with Crippen LogP contribution in [-0.2, 0) is 4.79 Å². The van der Waals surface area contributed by atoms with Crippen LogP contribution < -0.4 is 10.6 Å². The van der Waals surface area contributed by atoms with Crippen LogP contribution in [0, 0.1) is 23.0 Å². The monoisotopic (exact) mass is 295 g/mol. The highest BCUT2D eigenvalue weighted by molar-refractivity contribution is 5.92. The molecule has 0 saturated heterocycles. The highest BCUT2D eigenvalue weighted by atomic mass is 16.6. The lowest BCUT2D eigenvalue weighted by molar-refractivity contribution is -0.385. The third-order valence-electron chi connectivity index (χ3n) is 2.88. The van der Waals surface area contributed by atoms with Crippen LogP contribution in [0.25, 0.3) is 0 Å². The smallest absolute Gasteiger partial charge is 0.326 e. The molecule has 0 saturated carbocycles. The number of aliphatic carboxylic acids is 1. The molecule has 0 heterocycles.